The molecule has 0 fully saturated rings. The van der Waals surface area contributed by atoms with Crippen molar-refractivity contribution in [2.45, 2.75) is 13.8 Å². The first-order chi connectivity index (χ1) is 4.70. The van der Waals surface area contributed by atoms with E-state index in [1.807, 2.05) is 25.9 Å². The number of nitrogens with two attached hydrogens (primary N) is 1. The monoisotopic (exact) mass is 141 g/mol. The minimum absolute atomic E-state index is 0.911. The molecule has 2 N–H and O–H groups in total. The maximum Gasteiger partial charge on any atom is 0.0513 e. The highest BCUT2D eigenvalue weighted by atomic mass is 15.4. The molecule has 0 amide bonds. The van der Waals surface area contributed by atoms with Crippen molar-refractivity contribution in [3.8, 4) is 0 Å². The molecule has 0 bridgehead atoms. The summed E-state index contributed by atoms with van der Waals surface area (Å²) < 4.78 is 0. The van der Waals surface area contributed by atoms with Gasteiger partial charge in [-0.3, -0.25) is 0 Å². The summed E-state index contributed by atoms with van der Waals surface area (Å²) in [5.74, 6) is 0. The average molecular weight is 141 g/mol. The fourth-order valence-corrected chi connectivity index (χ4v) is 0.314. The average Bonchev–Trinajstić information content (AvgIpc) is 1.99. The Morgan fingerprint density at radius 1 is 1.70 bits per heavy atom. The Labute approximate surface area is 62.2 Å². The predicted octanol–water partition coefficient (Wildman–Crippen LogP) is 0.786. The van der Waals surface area contributed by atoms with Crippen LogP contribution in [-0.4, -0.2) is 24.8 Å². The van der Waals surface area contributed by atoms with Crippen LogP contribution in [-0.2, 0) is 0 Å². The number of allylic oxidation sites excluding steroid dienone is 1. The van der Waals surface area contributed by atoms with Gasteiger partial charge >= 0.3 is 0 Å². The molecule has 0 unspecified atom stereocenters. The molecule has 0 aliphatic carbocycles. The Morgan fingerprint density at radius 2 is 2.30 bits per heavy atom. The van der Waals surface area contributed by atoms with Crippen molar-refractivity contribution in [3.05, 3.63) is 11.8 Å². The van der Waals surface area contributed by atoms with Crippen molar-refractivity contribution in [1.82, 2.24) is 5.01 Å². The topological polar surface area (TPSA) is 41.6 Å². The molecular weight excluding hydrogens is 126 g/mol. The molecule has 58 valence electrons. The molecule has 0 aromatic heterocycles. The third kappa shape index (κ3) is 3.95. The zero-order valence-electron chi connectivity index (χ0n) is 6.83. The van der Waals surface area contributed by atoms with E-state index < -0.39 is 0 Å². The summed E-state index contributed by atoms with van der Waals surface area (Å²) in [4.78, 5) is 0. The fraction of sp³-hybridized carbons (Fsp3) is 0.571. The van der Waals surface area contributed by atoms with Gasteiger partial charge in [-0.15, -0.1) is 0 Å². The van der Waals surface area contributed by atoms with Crippen molar-refractivity contribution >= 4 is 6.21 Å². The van der Waals surface area contributed by atoms with Gasteiger partial charge in [-0.25, -0.2) is 0 Å². The van der Waals surface area contributed by atoms with Crippen LogP contribution in [0.3, 0.4) is 0 Å². The first kappa shape index (κ1) is 9.01. The largest absolute Gasteiger partial charge is 0.404 e. The second-order valence-corrected chi connectivity index (χ2v) is 2.13. The van der Waals surface area contributed by atoms with Crippen LogP contribution in [0.2, 0.25) is 0 Å². The molecule has 0 spiro atoms. The molecule has 3 heteroatoms. The van der Waals surface area contributed by atoms with Gasteiger partial charge in [-0.2, -0.15) is 5.10 Å². The number of hydrogen-bond acceptors (Lipinski definition) is 3. The molecule has 0 aromatic rings. The molecule has 0 atom stereocenters. The molecule has 0 saturated heterocycles. The predicted molar refractivity (Wildman–Crippen MR) is 44.7 cm³/mol. The van der Waals surface area contributed by atoms with Crippen molar-refractivity contribution in [2.75, 3.05) is 13.6 Å². The fourth-order valence-electron chi connectivity index (χ4n) is 0.314. The third-order valence-corrected chi connectivity index (χ3v) is 1.18. The highest BCUT2D eigenvalue weighted by Gasteiger charge is 1.83. The lowest BCUT2D eigenvalue weighted by molar-refractivity contribution is 0.377. The van der Waals surface area contributed by atoms with Crippen LogP contribution in [0.25, 0.3) is 0 Å². The molecular formula is C7H15N3. The van der Waals surface area contributed by atoms with Gasteiger partial charge in [0.05, 0.1) is 6.21 Å². The first-order valence-corrected chi connectivity index (χ1v) is 3.34. The highest BCUT2D eigenvalue weighted by molar-refractivity contribution is 5.77. The van der Waals surface area contributed by atoms with E-state index in [0.717, 1.165) is 12.1 Å². The van der Waals surface area contributed by atoms with Crippen molar-refractivity contribution in [1.29, 1.82) is 0 Å². The van der Waals surface area contributed by atoms with Crippen LogP contribution in [0.15, 0.2) is 16.9 Å². The van der Waals surface area contributed by atoms with E-state index >= 15 is 0 Å². The van der Waals surface area contributed by atoms with E-state index in [1.54, 1.807) is 6.21 Å². The van der Waals surface area contributed by atoms with Crippen molar-refractivity contribution < 1.29 is 0 Å². The lowest BCUT2D eigenvalue weighted by Gasteiger charge is -2.07. The Morgan fingerprint density at radius 3 is 2.70 bits per heavy atom. The quantitative estimate of drug-likeness (QED) is 0.466. The van der Waals surface area contributed by atoms with Gasteiger partial charge < -0.3 is 10.7 Å². The minimum atomic E-state index is 0.911. The van der Waals surface area contributed by atoms with E-state index in [4.69, 9.17) is 5.73 Å². The van der Waals surface area contributed by atoms with Crippen LogP contribution in [0.4, 0.5) is 0 Å². The highest BCUT2D eigenvalue weighted by Crippen LogP contribution is 1.85. The summed E-state index contributed by atoms with van der Waals surface area (Å²) in [6.07, 6.45) is 3.27. The number of nitrogens with zero attached hydrogens (tertiary/aromatic N) is 2. The number of hydrogen-bond donors (Lipinski definition) is 1. The molecule has 3 nitrogen and oxygen atoms in total. The van der Waals surface area contributed by atoms with Gasteiger partial charge in [0.2, 0.25) is 0 Å². The van der Waals surface area contributed by atoms with E-state index in [1.165, 1.54) is 6.20 Å². The summed E-state index contributed by atoms with van der Waals surface area (Å²) >= 11 is 0. The SMILES string of the molecule is CCN(C)/N=C/C(C)=C\N. The minimum Gasteiger partial charge on any atom is -0.404 e. The van der Waals surface area contributed by atoms with Crippen LogP contribution in [0.5, 0.6) is 0 Å². The molecule has 0 aliphatic rings. The Balaban J connectivity index is 3.75. The van der Waals surface area contributed by atoms with Crippen molar-refractivity contribution in [2.24, 2.45) is 10.8 Å². The summed E-state index contributed by atoms with van der Waals surface area (Å²) in [5.41, 5.74) is 6.20. The molecule has 0 aromatic carbocycles. The lowest BCUT2D eigenvalue weighted by Crippen LogP contribution is -2.09. The number of hydrazone groups is 1. The third-order valence-electron chi connectivity index (χ3n) is 1.18. The molecule has 0 heterocycles. The van der Waals surface area contributed by atoms with Gasteiger partial charge in [0, 0.05) is 13.6 Å². The number of rotatable bonds is 3. The maximum absolute atomic E-state index is 5.23. The van der Waals surface area contributed by atoms with E-state index in [2.05, 4.69) is 5.10 Å². The van der Waals surface area contributed by atoms with Crippen molar-refractivity contribution in [3.63, 3.8) is 0 Å². The standard InChI is InChI=1S/C7H15N3/c1-4-10(3)9-6-7(2)5-8/h5-6H,4,8H2,1-3H3/b7-5-,9-6+. The summed E-state index contributed by atoms with van der Waals surface area (Å²) in [6, 6.07) is 0. The van der Waals surface area contributed by atoms with Gasteiger partial charge in [-0.05, 0) is 25.6 Å². The summed E-state index contributed by atoms with van der Waals surface area (Å²) in [6.45, 7) is 4.86. The van der Waals surface area contributed by atoms with Gasteiger partial charge in [0.1, 0.15) is 0 Å². The Bertz CT molecular complexity index is 138. The lowest BCUT2D eigenvalue weighted by atomic mass is 10.4. The van der Waals surface area contributed by atoms with Crippen LogP contribution in [0.1, 0.15) is 13.8 Å². The second kappa shape index (κ2) is 4.85. The molecule has 0 rings (SSSR count). The van der Waals surface area contributed by atoms with Gasteiger partial charge in [0.25, 0.3) is 0 Å². The summed E-state index contributed by atoms with van der Waals surface area (Å²) in [5, 5.41) is 5.91. The van der Waals surface area contributed by atoms with E-state index in [9.17, 15) is 0 Å². The van der Waals surface area contributed by atoms with E-state index in [0.29, 0.717) is 0 Å². The molecule has 10 heavy (non-hydrogen) atoms. The second-order valence-electron chi connectivity index (χ2n) is 2.13. The van der Waals surface area contributed by atoms with Crippen LogP contribution < -0.4 is 5.73 Å². The zero-order valence-corrected chi connectivity index (χ0v) is 6.83. The van der Waals surface area contributed by atoms with E-state index in [-0.39, 0.29) is 0 Å². The normalized spacial score (nSPS) is 12.5. The van der Waals surface area contributed by atoms with Crippen LogP contribution >= 0.6 is 0 Å². The first-order valence-electron chi connectivity index (χ1n) is 3.34. The van der Waals surface area contributed by atoms with Gasteiger partial charge in [-0.1, -0.05) is 0 Å². The van der Waals surface area contributed by atoms with Crippen LogP contribution in [0, 0.1) is 0 Å². The maximum atomic E-state index is 5.23. The molecule has 0 aliphatic heterocycles. The van der Waals surface area contributed by atoms with Gasteiger partial charge in [0.15, 0.2) is 0 Å². The zero-order chi connectivity index (χ0) is 7.98. The molecule has 0 saturated carbocycles. The Hall–Kier alpha value is -0.990. The smallest absolute Gasteiger partial charge is 0.0513 e. The molecule has 0 radical (unpaired) electrons. The summed E-state index contributed by atoms with van der Waals surface area (Å²) in [7, 11) is 1.92. The Kier molecular flexibility index (Phi) is 4.37.